The van der Waals surface area contributed by atoms with Crippen molar-refractivity contribution in [2.45, 2.75) is 32.0 Å². The van der Waals surface area contributed by atoms with Gasteiger partial charge in [0.05, 0.1) is 7.11 Å². The van der Waals surface area contributed by atoms with Gasteiger partial charge in [0.15, 0.2) is 5.06 Å². The first-order valence-corrected chi connectivity index (χ1v) is 7.21. The number of para-hydroxylation sites is 1. The minimum atomic E-state index is -0.452. The smallest absolute Gasteiger partial charge is 0.171 e. The third kappa shape index (κ3) is 3.29. The summed E-state index contributed by atoms with van der Waals surface area (Å²) in [6.45, 7) is 6.70. The number of thioether (sulfide) groups is 1. The molecule has 5 heteroatoms. The zero-order valence-corrected chi connectivity index (χ0v) is 12.6. The van der Waals surface area contributed by atoms with Crippen LogP contribution in [0, 0.1) is 0 Å². The van der Waals surface area contributed by atoms with E-state index in [2.05, 4.69) is 10.3 Å². The third-order valence-electron chi connectivity index (χ3n) is 2.83. The van der Waals surface area contributed by atoms with Crippen LogP contribution in [0.25, 0.3) is 0 Å². The molecule has 0 bridgehead atoms. The molecule has 0 saturated carbocycles. The van der Waals surface area contributed by atoms with Crippen molar-refractivity contribution in [3.05, 3.63) is 29.8 Å². The molecule has 1 aromatic rings. The van der Waals surface area contributed by atoms with Crippen molar-refractivity contribution in [1.29, 1.82) is 0 Å². The lowest BCUT2D eigenvalue weighted by molar-refractivity contribution is 0.0160. The molecule has 1 aliphatic rings. The Morgan fingerprint density at radius 2 is 2.16 bits per heavy atom. The van der Waals surface area contributed by atoms with E-state index in [4.69, 9.17) is 9.47 Å². The van der Waals surface area contributed by atoms with E-state index in [1.54, 1.807) is 18.9 Å². The maximum Gasteiger partial charge on any atom is 0.171 e. The Balaban J connectivity index is 2.33. The van der Waals surface area contributed by atoms with Crippen LogP contribution < -0.4 is 10.1 Å². The molecule has 0 aliphatic carbocycles. The summed E-state index contributed by atoms with van der Waals surface area (Å²) in [5, 5.41) is 3.84. The van der Waals surface area contributed by atoms with E-state index in [1.807, 2.05) is 45.0 Å². The Hall–Kier alpha value is -1.04. The van der Waals surface area contributed by atoms with E-state index >= 15 is 0 Å². The molecule has 1 aromatic carbocycles. The fraction of sp³-hybridized carbons (Fsp3) is 0.500. The number of ether oxygens (including phenoxy) is 2. The van der Waals surface area contributed by atoms with E-state index in [-0.39, 0.29) is 6.17 Å². The molecule has 0 spiro atoms. The SMILES string of the molecule is CCOC1(C)NC(C)N=C(c2ccccc2OC)S1. The van der Waals surface area contributed by atoms with Gasteiger partial charge < -0.3 is 9.47 Å². The normalized spacial score (nSPS) is 26.9. The van der Waals surface area contributed by atoms with Crippen molar-refractivity contribution in [2.75, 3.05) is 13.7 Å². The highest BCUT2D eigenvalue weighted by atomic mass is 32.2. The minimum Gasteiger partial charge on any atom is -0.496 e. The third-order valence-corrected chi connectivity index (χ3v) is 3.97. The Kier molecular flexibility index (Phi) is 4.50. The van der Waals surface area contributed by atoms with E-state index in [9.17, 15) is 0 Å². The first-order chi connectivity index (χ1) is 9.08. The van der Waals surface area contributed by atoms with Gasteiger partial charge in [0, 0.05) is 12.2 Å². The van der Waals surface area contributed by atoms with E-state index in [0.717, 1.165) is 16.4 Å². The molecule has 2 unspecified atom stereocenters. The second-order valence-corrected chi connectivity index (χ2v) is 5.81. The molecule has 104 valence electrons. The predicted molar refractivity (Wildman–Crippen MR) is 79.8 cm³/mol. The van der Waals surface area contributed by atoms with Gasteiger partial charge in [0.25, 0.3) is 0 Å². The van der Waals surface area contributed by atoms with Crippen LogP contribution >= 0.6 is 11.8 Å². The maximum absolute atomic E-state index is 5.80. The highest BCUT2D eigenvalue weighted by Gasteiger charge is 2.34. The van der Waals surface area contributed by atoms with Gasteiger partial charge in [-0.15, -0.1) is 0 Å². The molecule has 0 fully saturated rings. The molecule has 19 heavy (non-hydrogen) atoms. The molecule has 0 aromatic heterocycles. The number of nitrogens with one attached hydrogen (secondary N) is 1. The van der Waals surface area contributed by atoms with Crippen molar-refractivity contribution in [3.8, 4) is 5.75 Å². The molecule has 4 nitrogen and oxygen atoms in total. The summed E-state index contributed by atoms with van der Waals surface area (Å²) in [5.41, 5.74) is 1.01. The molecule has 0 radical (unpaired) electrons. The summed E-state index contributed by atoms with van der Waals surface area (Å²) >= 11 is 1.58. The monoisotopic (exact) mass is 280 g/mol. The fourth-order valence-electron chi connectivity index (χ4n) is 2.12. The fourth-order valence-corrected chi connectivity index (χ4v) is 3.38. The lowest BCUT2D eigenvalue weighted by Gasteiger charge is -2.36. The maximum atomic E-state index is 5.80. The van der Waals surface area contributed by atoms with Crippen molar-refractivity contribution in [1.82, 2.24) is 5.32 Å². The summed E-state index contributed by atoms with van der Waals surface area (Å²) in [7, 11) is 1.68. The Labute approximate surface area is 118 Å². The highest BCUT2D eigenvalue weighted by molar-refractivity contribution is 8.15. The first-order valence-electron chi connectivity index (χ1n) is 6.40. The zero-order valence-electron chi connectivity index (χ0n) is 11.8. The van der Waals surface area contributed by atoms with Gasteiger partial charge in [0.1, 0.15) is 17.0 Å². The van der Waals surface area contributed by atoms with Crippen molar-refractivity contribution >= 4 is 16.8 Å². The topological polar surface area (TPSA) is 42.8 Å². The van der Waals surface area contributed by atoms with Crippen LogP contribution in [0.1, 0.15) is 26.3 Å². The second kappa shape index (κ2) is 5.94. The largest absolute Gasteiger partial charge is 0.496 e. The minimum absolute atomic E-state index is 0.0118. The summed E-state index contributed by atoms with van der Waals surface area (Å²) in [4.78, 5) is 4.65. The molecule has 2 atom stereocenters. The van der Waals surface area contributed by atoms with Crippen LogP contribution in [-0.4, -0.2) is 30.0 Å². The van der Waals surface area contributed by atoms with Gasteiger partial charge in [-0.25, -0.2) is 0 Å². The number of hydrogen-bond acceptors (Lipinski definition) is 5. The van der Waals surface area contributed by atoms with Gasteiger partial charge in [-0.1, -0.05) is 23.9 Å². The lowest BCUT2D eigenvalue weighted by Crippen LogP contribution is -2.50. The predicted octanol–water partition coefficient (Wildman–Crippen LogP) is 2.83. The standard InChI is InChI=1S/C14H20N2O2S/c1-5-18-14(3)16-10(2)15-13(19-14)11-8-6-7-9-12(11)17-4/h6-10,16H,5H2,1-4H3. The van der Waals surface area contributed by atoms with Crippen LogP contribution in [0.3, 0.4) is 0 Å². The number of aliphatic imine (C=N–C) groups is 1. The van der Waals surface area contributed by atoms with Crippen LogP contribution in [-0.2, 0) is 4.74 Å². The Bertz CT molecular complexity index is 478. The van der Waals surface area contributed by atoms with Gasteiger partial charge >= 0.3 is 0 Å². The average molecular weight is 280 g/mol. The molecular weight excluding hydrogens is 260 g/mol. The molecule has 2 rings (SSSR count). The number of methoxy groups -OCH3 is 1. The number of nitrogens with zero attached hydrogens (tertiary/aromatic N) is 1. The van der Waals surface area contributed by atoms with Crippen LogP contribution in [0.5, 0.6) is 5.75 Å². The van der Waals surface area contributed by atoms with Gasteiger partial charge in [-0.05, 0) is 32.9 Å². The lowest BCUT2D eigenvalue weighted by atomic mass is 10.2. The summed E-state index contributed by atoms with van der Waals surface area (Å²) in [5.74, 6) is 0.835. The van der Waals surface area contributed by atoms with Crippen LogP contribution in [0.15, 0.2) is 29.3 Å². The van der Waals surface area contributed by atoms with Crippen molar-refractivity contribution in [2.24, 2.45) is 4.99 Å². The molecule has 1 heterocycles. The van der Waals surface area contributed by atoms with E-state index < -0.39 is 5.06 Å². The van der Waals surface area contributed by atoms with Crippen molar-refractivity contribution < 1.29 is 9.47 Å². The zero-order chi connectivity index (χ0) is 13.9. The number of rotatable bonds is 4. The van der Waals surface area contributed by atoms with Crippen molar-refractivity contribution in [3.63, 3.8) is 0 Å². The van der Waals surface area contributed by atoms with Crippen LogP contribution in [0.4, 0.5) is 0 Å². The quantitative estimate of drug-likeness (QED) is 0.921. The van der Waals surface area contributed by atoms with E-state index in [0.29, 0.717) is 6.61 Å². The summed E-state index contributed by atoms with van der Waals surface area (Å²) in [6, 6.07) is 7.92. The molecule has 0 saturated heterocycles. The molecule has 0 amide bonds. The molecule has 1 aliphatic heterocycles. The summed E-state index contributed by atoms with van der Waals surface area (Å²) < 4.78 is 11.2. The van der Waals surface area contributed by atoms with Crippen LogP contribution in [0.2, 0.25) is 0 Å². The number of hydrogen-bond donors (Lipinski definition) is 1. The highest BCUT2D eigenvalue weighted by Crippen LogP contribution is 2.35. The first kappa shape index (κ1) is 14.4. The van der Waals surface area contributed by atoms with E-state index in [1.165, 1.54) is 0 Å². The molecule has 1 N–H and O–H groups in total. The summed E-state index contributed by atoms with van der Waals surface area (Å²) in [6.07, 6.45) is 0.0118. The van der Waals surface area contributed by atoms with Gasteiger partial charge in [-0.3, -0.25) is 10.3 Å². The van der Waals surface area contributed by atoms with Gasteiger partial charge in [0.2, 0.25) is 0 Å². The number of benzene rings is 1. The Morgan fingerprint density at radius 1 is 1.42 bits per heavy atom. The Morgan fingerprint density at radius 3 is 2.84 bits per heavy atom. The van der Waals surface area contributed by atoms with Gasteiger partial charge in [-0.2, -0.15) is 0 Å². The average Bonchev–Trinajstić information content (AvgIpc) is 2.37. The molecular formula is C14H20N2O2S. The second-order valence-electron chi connectivity index (χ2n) is 4.44.